The van der Waals surface area contributed by atoms with Gasteiger partial charge in [-0.05, 0) is 49.9 Å². The molecule has 0 saturated heterocycles. The Labute approximate surface area is 195 Å². The predicted octanol–water partition coefficient (Wildman–Crippen LogP) is 3.43. The molecule has 0 bridgehead atoms. The average molecular weight is 502 g/mol. The number of carbonyl (C=O) groups is 1. The average Bonchev–Trinajstić information content (AvgIpc) is 2.77. The minimum absolute atomic E-state index is 0.0458. The van der Waals surface area contributed by atoms with Gasteiger partial charge in [0.2, 0.25) is 0 Å². The van der Waals surface area contributed by atoms with Gasteiger partial charge >= 0.3 is 12.2 Å². The van der Waals surface area contributed by atoms with E-state index in [1.165, 1.54) is 24.4 Å². The van der Waals surface area contributed by atoms with Crippen LogP contribution in [0, 0.1) is 0 Å². The van der Waals surface area contributed by atoms with Gasteiger partial charge in [-0.25, -0.2) is 9.93 Å². The number of nitrogens with one attached hydrogen (secondary N) is 3. The summed E-state index contributed by atoms with van der Waals surface area (Å²) >= 11 is 0. The maximum Gasteiger partial charge on any atom is 0.416 e. The number of carbonyl (C=O) groups excluding carboxylic acids is 1. The van der Waals surface area contributed by atoms with E-state index in [0.717, 1.165) is 44.2 Å². The van der Waals surface area contributed by atoms with Gasteiger partial charge in [-0.1, -0.05) is 12.5 Å². The summed E-state index contributed by atoms with van der Waals surface area (Å²) in [6.07, 6.45) is 1.23. The molecule has 0 radical (unpaired) electrons. The fourth-order valence-corrected chi connectivity index (χ4v) is 3.83. The van der Waals surface area contributed by atoms with Crippen LogP contribution in [-0.4, -0.2) is 25.5 Å². The lowest BCUT2D eigenvalue weighted by Gasteiger charge is -2.25. The number of urea groups is 1. The van der Waals surface area contributed by atoms with Gasteiger partial charge in [0.05, 0.1) is 35.8 Å². The molecule has 2 amide bonds. The first kappa shape index (κ1) is 25.7. The number of halogens is 3. The Balaban J connectivity index is 1.61. The van der Waals surface area contributed by atoms with E-state index in [9.17, 15) is 26.4 Å². The molecule has 1 aliphatic carbocycles. The van der Waals surface area contributed by atoms with Crippen molar-refractivity contribution in [3.05, 3.63) is 53.3 Å². The van der Waals surface area contributed by atoms with Crippen molar-refractivity contribution in [2.45, 2.75) is 57.5 Å². The van der Waals surface area contributed by atoms with E-state index >= 15 is 0 Å². The van der Waals surface area contributed by atoms with Gasteiger partial charge in [-0.2, -0.15) is 26.3 Å². The number of alkyl halides is 3. The molecule has 1 aromatic heterocycles. The van der Waals surface area contributed by atoms with Gasteiger partial charge < -0.3 is 15.4 Å². The maximum absolute atomic E-state index is 13.2. The number of hydrogen-bond donors (Lipinski definition) is 4. The zero-order valence-electron chi connectivity index (χ0n) is 18.2. The third kappa shape index (κ3) is 8.15. The molecule has 0 aliphatic heterocycles. The smallest absolute Gasteiger partial charge is 0.416 e. The van der Waals surface area contributed by atoms with Crippen LogP contribution in [-0.2, 0) is 29.5 Å². The summed E-state index contributed by atoms with van der Waals surface area (Å²) in [4.78, 5) is 16.3. The summed E-state index contributed by atoms with van der Waals surface area (Å²) in [7, 11) is -3.85. The van der Waals surface area contributed by atoms with Crippen molar-refractivity contribution in [1.29, 1.82) is 0 Å². The Morgan fingerprint density at radius 1 is 1.12 bits per heavy atom. The highest BCUT2D eigenvalue weighted by Gasteiger charge is 2.31. The molecule has 1 fully saturated rings. The summed E-state index contributed by atoms with van der Waals surface area (Å²) in [6.45, 7) is -0.154. The van der Waals surface area contributed by atoms with Crippen LogP contribution >= 0.6 is 0 Å². The Kier molecular flexibility index (Phi) is 8.33. The van der Waals surface area contributed by atoms with Crippen LogP contribution < -0.4 is 25.2 Å². The number of nitrogens with two attached hydrogens (primary N) is 1. The number of pyridine rings is 1. The number of nitrogens with zero attached hydrogens (tertiary/aromatic N) is 1. The number of anilines is 1. The van der Waals surface area contributed by atoms with Crippen molar-refractivity contribution in [2.75, 3.05) is 5.32 Å². The number of rotatable bonds is 8. The summed E-state index contributed by atoms with van der Waals surface area (Å²) < 4.78 is 69.4. The van der Waals surface area contributed by atoms with Gasteiger partial charge in [-0.15, -0.1) is 0 Å². The van der Waals surface area contributed by atoms with Gasteiger partial charge in [0, 0.05) is 12.1 Å². The summed E-state index contributed by atoms with van der Waals surface area (Å²) in [6, 6.07) is 5.65. The van der Waals surface area contributed by atoms with Crippen molar-refractivity contribution in [3.8, 4) is 5.75 Å². The molecule has 1 heterocycles. The molecule has 2 aromatic rings. The first-order valence-electron chi connectivity index (χ1n) is 10.6. The molecular formula is C21H26F3N5O4S. The number of benzene rings is 1. The number of amides is 2. The van der Waals surface area contributed by atoms with Crippen LogP contribution in [0.4, 0.5) is 23.7 Å². The molecule has 5 N–H and O–H groups in total. The van der Waals surface area contributed by atoms with E-state index in [2.05, 4.69) is 20.3 Å². The molecule has 1 aromatic carbocycles. The van der Waals surface area contributed by atoms with Crippen molar-refractivity contribution in [1.82, 2.24) is 15.0 Å². The van der Waals surface area contributed by atoms with Crippen LogP contribution in [0.15, 0.2) is 36.5 Å². The fraction of sp³-hybridized carbons (Fsp3) is 0.429. The van der Waals surface area contributed by atoms with Gasteiger partial charge in [-0.3, -0.25) is 4.98 Å². The molecule has 0 spiro atoms. The second-order valence-electron chi connectivity index (χ2n) is 7.91. The van der Waals surface area contributed by atoms with E-state index < -0.39 is 28.0 Å². The minimum atomic E-state index is -4.50. The van der Waals surface area contributed by atoms with E-state index in [0.29, 0.717) is 16.9 Å². The Morgan fingerprint density at radius 3 is 2.47 bits per heavy atom. The predicted molar refractivity (Wildman–Crippen MR) is 119 cm³/mol. The van der Waals surface area contributed by atoms with Crippen LogP contribution in [0.25, 0.3) is 0 Å². The van der Waals surface area contributed by atoms with Crippen molar-refractivity contribution in [2.24, 2.45) is 5.14 Å². The normalized spacial score (nSPS) is 15.1. The SMILES string of the molecule is NS(=O)(=O)NCc1ccc(NC(=O)NCc2ccc(C(F)(F)F)cc2OC2CCCCC2)cn1. The standard InChI is InChI=1S/C21H26F3N5O4S/c22-21(23,24)15-7-6-14(19(10-15)33-18-4-2-1-3-5-18)11-27-20(30)29-17-9-8-16(26-12-17)13-28-34(25,31)32/h6-10,12,18,28H,1-5,11,13H2,(H2,25,31,32)(H2,27,29,30). The molecule has 0 unspecified atom stereocenters. The van der Waals surface area contributed by atoms with E-state index in [4.69, 9.17) is 9.88 Å². The highest BCUT2D eigenvalue weighted by atomic mass is 32.2. The molecule has 1 saturated carbocycles. The molecule has 186 valence electrons. The quantitative estimate of drug-likeness (QED) is 0.440. The van der Waals surface area contributed by atoms with Crippen LogP contribution in [0.1, 0.15) is 48.9 Å². The van der Waals surface area contributed by atoms with E-state index in [-0.39, 0.29) is 24.9 Å². The first-order chi connectivity index (χ1) is 16.0. The largest absolute Gasteiger partial charge is 0.490 e. The molecule has 0 atom stereocenters. The second kappa shape index (κ2) is 11.0. The third-order valence-corrected chi connectivity index (χ3v) is 5.76. The minimum Gasteiger partial charge on any atom is -0.490 e. The Hall–Kier alpha value is -2.90. The van der Waals surface area contributed by atoms with Crippen LogP contribution in [0.2, 0.25) is 0 Å². The molecule has 9 nitrogen and oxygen atoms in total. The maximum atomic E-state index is 13.2. The number of aromatic nitrogens is 1. The highest BCUT2D eigenvalue weighted by Crippen LogP contribution is 2.34. The lowest BCUT2D eigenvalue weighted by Crippen LogP contribution is -2.30. The molecular weight excluding hydrogens is 475 g/mol. The Morgan fingerprint density at radius 2 is 1.85 bits per heavy atom. The lowest BCUT2D eigenvalue weighted by atomic mass is 9.97. The third-order valence-electron chi connectivity index (χ3n) is 5.22. The van der Waals surface area contributed by atoms with E-state index in [1.54, 1.807) is 0 Å². The fourth-order valence-electron chi connectivity index (χ4n) is 3.48. The second-order valence-corrected chi connectivity index (χ2v) is 9.29. The Bertz CT molecular complexity index is 1090. The molecule has 13 heteroatoms. The van der Waals surface area contributed by atoms with E-state index in [1.807, 2.05) is 0 Å². The zero-order chi connectivity index (χ0) is 24.8. The summed E-state index contributed by atoms with van der Waals surface area (Å²) in [5.74, 6) is 0.107. The van der Waals surface area contributed by atoms with Gasteiger partial charge in [0.25, 0.3) is 10.2 Å². The highest BCUT2D eigenvalue weighted by molar-refractivity contribution is 7.87. The summed E-state index contributed by atoms with van der Waals surface area (Å²) in [5.41, 5.74) is 0.336. The summed E-state index contributed by atoms with van der Waals surface area (Å²) in [5, 5.41) is 10.0. The van der Waals surface area contributed by atoms with Gasteiger partial charge in [0.15, 0.2) is 0 Å². The molecule has 1 aliphatic rings. The van der Waals surface area contributed by atoms with Crippen molar-refractivity contribution in [3.63, 3.8) is 0 Å². The number of ether oxygens (including phenoxy) is 1. The van der Waals surface area contributed by atoms with Crippen LogP contribution in [0.5, 0.6) is 5.75 Å². The molecule has 3 rings (SSSR count). The number of hydrogen-bond acceptors (Lipinski definition) is 5. The lowest BCUT2D eigenvalue weighted by molar-refractivity contribution is -0.137. The van der Waals surface area contributed by atoms with Crippen molar-refractivity contribution < 1.29 is 31.1 Å². The zero-order valence-corrected chi connectivity index (χ0v) is 19.0. The van der Waals surface area contributed by atoms with Crippen LogP contribution in [0.3, 0.4) is 0 Å². The molecule has 34 heavy (non-hydrogen) atoms. The first-order valence-corrected chi connectivity index (χ1v) is 12.2. The van der Waals surface area contributed by atoms with Crippen molar-refractivity contribution >= 4 is 21.9 Å². The van der Waals surface area contributed by atoms with Gasteiger partial charge in [0.1, 0.15) is 5.75 Å². The topological polar surface area (TPSA) is 135 Å². The monoisotopic (exact) mass is 501 g/mol.